The van der Waals surface area contributed by atoms with Crippen LogP contribution < -0.4 is 5.32 Å². The van der Waals surface area contributed by atoms with Gasteiger partial charge in [-0.2, -0.15) is 0 Å². The van der Waals surface area contributed by atoms with Gasteiger partial charge in [0.1, 0.15) is 5.76 Å². The van der Waals surface area contributed by atoms with Gasteiger partial charge >= 0.3 is 0 Å². The summed E-state index contributed by atoms with van der Waals surface area (Å²) in [7, 11) is 2.03. The van der Waals surface area contributed by atoms with Crippen molar-refractivity contribution in [2.45, 2.75) is 31.7 Å². The summed E-state index contributed by atoms with van der Waals surface area (Å²) in [5, 5.41) is 3.35. The van der Waals surface area contributed by atoms with E-state index in [1.165, 1.54) is 25.0 Å². The van der Waals surface area contributed by atoms with Crippen molar-refractivity contribution in [1.82, 2.24) is 5.32 Å². The van der Waals surface area contributed by atoms with Crippen LogP contribution in [0, 0.1) is 5.92 Å². The Morgan fingerprint density at radius 3 is 2.83 bits per heavy atom. The smallest absolute Gasteiger partial charge is 0.109 e. The molecule has 1 atom stereocenters. The molecule has 2 heteroatoms. The monoisotopic (exact) mass is 167 g/mol. The van der Waals surface area contributed by atoms with E-state index in [0.29, 0.717) is 6.04 Å². The molecule has 0 radical (unpaired) electrons. The molecule has 68 valence electrons. The van der Waals surface area contributed by atoms with Gasteiger partial charge < -0.3 is 10.1 Å². The van der Waals surface area contributed by atoms with Gasteiger partial charge in [-0.3, -0.25) is 0 Å². The van der Waals surface area contributed by atoms with E-state index >= 15 is 0 Å². The molecule has 1 aliphatic heterocycles. The fraction of sp³-hybridized carbons (Fsp3) is 0.800. The summed E-state index contributed by atoms with van der Waals surface area (Å²) in [5.41, 5.74) is 0. The van der Waals surface area contributed by atoms with Crippen LogP contribution in [0.3, 0.4) is 0 Å². The summed E-state index contributed by atoms with van der Waals surface area (Å²) in [6, 6.07) is 0.501. The highest BCUT2D eigenvalue weighted by molar-refractivity contribution is 5.10. The molecule has 12 heavy (non-hydrogen) atoms. The van der Waals surface area contributed by atoms with Crippen molar-refractivity contribution < 1.29 is 4.74 Å². The van der Waals surface area contributed by atoms with Gasteiger partial charge in [0, 0.05) is 6.42 Å². The Labute approximate surface area is 74.0 Å². The molecule has 0 amide bonds. The normalized spacial score (nSPS) is 25.9. The predicted molar refractivity (Wildman–Crippen MR) is 48.8 cm³/mol. The molecular weight excluding hydrogens is 150 g/mol. The maximum absolute atomic E-state index is 5.56. The van der Waals surface area contributed by atoms with Crippen molar-refractivity contribution in [1.29, 1.82) is 0 Å². The fourth-order valence-electron chi connectivity index (χ4n) is 2.04. The highest BCUT2D eigenvalue weighted by Crippen LogP contribution is 2.33. The first kappa shape index (κ1) is 8.11. The van der Waals surface area contributed by atoms with Gasteiger partial charge in [0.05, 0.1) is 12.6 Å². The van der Waals surface area contributed by atoms with Crippen LogP contribution >= 0.6 is 0 Å². The molecule has 0 aromatic carbocycles. The number of rotatable bonds is 3. The maximum atomic E-state index is 5.56. The highest BCUT2D eigenvalue weighted by Gasteiger charge is 2.30. The van der Waals surface area contributed by atoms with Gasteiger partial charge in [0.15, 0.2) is 0 Å². The van der Waals surface area contributed by atoms with Crippen LogP contribution in [0.5, 0.6) is 0 Å². The quantitative estimate of drug-likeness (QED) is 0.690. The highest BCUT2D eigenvalue weighted by atomic mass is 16.5. The molecule has 2 rings (SSSR count). The second-order valence-electron chi connectivity index (χ2n) is 3.70. The van der Waals surface area contributed by atoms with Crippen molar-refractivity contribution >= 4 is 0 Å². The number of ether oxygens (including phenoxy) is 1. The zero-order chi connectivity index (χ0) is 8.39. The van der Waals surface area contributed by atoms with Gasteiger partial charge in [0.2, 0.25) is 0 Å². The second kappa shape index (κ2) is 3.48. The van der Waals surface area contributed by atoms with Crippen LogP contribution in [-0.4, -0.2) is 19.7 Å². The summed E-state index contributed by atoms with van der Waals surface area (Å²) in [6.07, 6.45) is 7.47. The van der Waals surface area contributed by atoms with E-state index in [4.69, 9.17) is 4.74 Å². The van der Waals surface area contributed by atoms with E-state index in [0.717, 1.165) is 18.9 Å². The summed E-state index contributed by atoms with van der Waals surface area (Å²) < 4.78 is 5.56. The lowest BCUT2D eigenvalue weighted by Gasteiger charge is -2.33. The standard InChI is InChI=1S/C10H17NO/c1-11-10(8-4-2-5-8)9-6-3-7-12-9/h6,8,10-11H,2-5,7H2,1H3. The predicted octanol–water partition coefficient (Wildman–Crippen LogP) is 1.68. The molecule has 1 unspecified atom stereocenters. The van der Waals surface area contributed by atoms with Crippen LogP contribution in [0.25, 0.3) is 0 Å². The summed E-state index contributed by atoms with van der Waals surface area (Å²) >= 11 is 0. The lowest BCUT2D eigenvalue weighted by molar-refractivity contribution is 0.164. The first-order valence-corrected chi connectivity index (χ1v) is 4.92. The van der Waals surface area contributed by atoms with Crippen LogP contribution in [0.1, 0.15) is 25.7 Å². The minimum Gasteiger partial charge on any atom is -0.496 e. The molecular formula is C10H17NO. The molecule has 1 aliphatic carbocycles. The lowest BCUT2D eigenvalue weighted by Crippen LogP contribution is -2.39. The second-order valence-corrected chi connectivity index (χ2v) is 3.70. The topological polar surface area (TPSA) is 21.3 Å². The van der Waals surface area contributed by atoms with E-state index in [1.54, 1.807) is 0 Å². The van der Waals surface area contributed by atoms with E-state index in [-0.39, 0.29) is 0 Å². The molecule has 1 N–H and O–H groups in total. The Balaban J connectivity index is 1.96. The van der Waals surface area contributed by atoms with Crippen molar-refractivity contribution in [2.24, 2.45) is 5.92 Å². The molecule has 1 heterocycles. The molecule has 0 aromatic heterocycles. The van der Waals surface area contributed by atoms with Crippen LogP contribution in [0.15, 0.2) is 11.8 Å². The SMILES string of the molecule is CNC(C1=CCCO1)C1CCC1. The largest absolute Gasteiger partial charge is 0.496 e. The van der Waals surface area contributed by atoms with Crippen molar-refractivity contribution in [2.75, 3.05) is 13.7 Å². The zero-order valence-corrected chi connectivity index (χ0v) is 7.68. The Hall–Kier alpha value is -0.500. The van der Waals surface area contributed by atoms with Crippen LogP contribution in [0.2, 0.25) is 0 Å². The Bertz CT molecular complexity index is 184. The third kappa shape index (κ3) is 1.36. The molecule has 0 saturated heterocycles. The fourth-order valence-corrected chi connectivity index (χ4v) is 2.04. The van der Waals surface area contributed by atoms with Gasteiger partial charge in [0.25, 0.3) is 0 Å². The van der Waals surface area contributed by atoms with Gasteiger partial charge in [-0.15, -0.1) is 0 Å². The average molecular weight is 167 g/mol. The van der Waals surface area contributed by atoms with E-state index in [2.05, 4.69) is 11.4 Å². The zero-order valence-electron chi connectivity index (χ0n) is 7.68. The van der Waals surface area contributed by atoms with E-state index in [1.807, 2.05) is 7.05 Å². The third-order valence-electron chi connectivity index (χ3n) is 2.97. The van der Waals surface area contributed by atoms with Crippen molar-refractivity contribution in [3.63, 3.8) is 0 Å². The van der Waals surface area contributed by atoms with Crippen LogP contribution in [-0.2, 0) is 4.74 Å². The van der Waals surface area contributed by atoms with E-state index < -0.39 is 0 Å². The van der Waals surface area contributed by atoms with E-state index in [9.17, 15) is 0 Å². The Kier molecular flexibility index (Phi) is 2.35. The Morgan fingerprint density at radius 2 is 2.42 bits per heavy atom. The van der Waals surface area contributed by atoms with Crippen molar-refractivity contribution in [3.8, 4) is 0 Å². The van der Waals surface area contributed by atoms with Crippen molar-refractivity contribution in [3.05, 3.63) is 11.8 Å². The molecule has 0 spiro atoms. The Morgan fingerprint density at radius 1 is 1.58 bits per heavy atom. The van der Waals surface area contributed by atoms with Gasteiger partial charge in [-0.25, -0.2) is 0 Å². The molecule has 0 bridgehead atoms. The number of hydrogen-bond donors (Lipinski definition) is 1. The van der Waals surface area contributed by atoms with Gasteiger partial charge in [-0.05, 0) is 31.9 Å². The molecule has 2 nitrogen and oxygen atoms in total. The number of nitrogens with one attached hydrogen (secondary N) is 1. The maximum Gasteiger partial charge on any atom is 0.109 e. The third-order valence-corrected chi connectivity index (χ3v) is 2.97. The molecule has 2 aliphatic rings. The average Bonchev–Trinajstić information content (AvgIpc) is 2.47. The van der Waals surface area contributed by atoms with Crippen LogP contribution in [0.4, 0.5) is 0 Å². The number of hydrogen-bond acceptors (Lipinski definition) is 2. The molecule has 1 saturated carbocycles. The summed E-state index contributed by atoms with van der Waals surface area (Å²) in [4.78, 5) is 0. The number of likely N-dealkylation sites (N-methyl/N-ethyl adjacent to an activating group) is 1. The minimum atomic E-state index is 0.501. The van der Waals surface area contributed by atoms with Gasteiger partial charge in [-0.1, -0.05) is 6.42 Å². The first-order valence-electron chi connectivity index (χ1n) is 4.92. The minimum absolute atomic E-state index is 0.501. The first-order chi connectivity index (χ1) is 5.92. The lowest BCUT2D eigenvalue weighted by atomic mass is 9.79. The molecule has 0 aromatic rings. The molecule has 1 fully saturated rings. The summed E-state index contributed by atoms with van der Waals surface area (Å²) in [6.45, 7) is 0.889. The summed E-state index contributed by atoms with van der Waals surface area (Å²) in [5.74, 6) is 2.03.